The predicted molar refractivity (Wildman–Crippen MR) is 68.5 cm³/mol. The van der Waals surface area contributed by atoms with Gasteiger partial charge in [0.1, 0.15) is 5.60 Å². The SMILES string of the molecule is CC(C)(C)OC(=O)n1nccc1[C@@H]1CCCCN1. The van der Waals surface area contributed by atoms with Crippen LogP contribution in [0.4, 0.5) is 4.79 Å². The van der Waals surface area contributed by atoms with Gasteiger partial charge in [0.25, 0.3) is 0 Å². The summed E-state index contributed by atoms with van der Waals surface area (Å²) in [6.07, 6.45) is 4.65. The number of rotatable bonds is 1. The lowest BCUT2D eigenvalue weighted by Gasteiger charge is -2.25. The van der Waals surface area contributed by atoms with Crippen molar-refractivity contribution in [1.82, 2.24) is 15.1 Å². The molecule has 1 aromatic rings. The predicted octanol–water partition coefficient (Wildman–Crippen LogP) is 2.48. The molecule has 0 saturated carbocycles. The first-order valence-electron chi connectivity index (χ1n) is 6.48. The van der Waals surface area contributed by atoms with Crippen molar-refractivity contribution >= 4 is 6.09 Å². The zero-order chi connectivity index (χ0) is 13.2. The summed E-state index contributed by atoms with van der Waals surface area (Å²) >= 11 is 0. The van der Waals surface area contributed by atoms with Crippen molar-refractivity contribution in [2.75, 3.05) is 6.54 Å². The molecule has 18 heavy (non-hydrogen) atoms. The Morgan fingerprint density at radius 2 is 2.28 bits per heavy atom. The third-order valence-electron chi connectivity index (χ3n) is 2.91. The lowest BCUT2D eigenvalue weighted by atomic mass is 10.0. The number of hydrogen-bond donors (Lipinski definition) is 1. The molecule has 1 aliphatic heterocycles. The van der Waals surface area contributed by atoms with Gasteiger partial charge >= 0.3 is 6.09 Å². The van der Waals surface area contributed by atoms with Crippen LogP contribution in [-0.2, 0) is 4.74 Å². The van der Waals surface area contributed by atoms with Crippen LogP contribution in [0.3, 0.4) is 0 Å². The van der Waals surface area contributed by atoms with Crippen molar-refractivity contribution in [2.45, 2.75) is 51.7 Å². The molecule has 2 heterocycles. The van der Waals surface area contributed by atoms with Crippen LogP contribution in [0, 0.1) is 0 Å². The van der Waals surface area contributed by atoms with Crippen LogP contribution in [0.25, 0.3) is 0 Å². The summed E-state index contributed by atoms with van der Waals surface area (Å²) in [5.74, 6) is 0. The van der Waals surface area contributed by atoms with E-state index in [-0.39, 0.29) is 6.04 Å². The fraction of sp³-hybridized carbons (Fsp3) is 0.692. The quantitative estimate of drug-likeness (QED) is 0.833. The Labute approximate surface area is 108 Å². The summed E-state index contributed by atoms with van der Waals surface area (Å²) in [6.45, 7) is 6.55. The molecule has 1 fully saturated rings. The van der Waals surface area contributed by atoms with E-state index in [1.54, 1.807) is 6.20 Å². The molecule has 0 spiro atoms. The van der Waals surface area contributed by atoms with Crippen LogP contribution < -0.4 is 5.32 Å². The maximum Gasteiger partial charge on any atom is 0.435 e. The van der Waals surface area contributed by atoms with Gasteiger partial charge in [-0.05, 0) is 46.2 Å². The molecule has 0 unspecified atom stereocenters. The van der Waals surface area contributed by atoms with Gasteiger partial charge in [-0.15, -0.1) is 0 Å². The highest BCUT2D eigenvalue weighted by Gasteiger charge is 2.24. The van der Waals surface area contributed by atoms with Gasteiger partial charge in [0.05, 0.1) is 5.69 Å². The van der Waals surface area contributed by atoms with Gasteiger partial charge in [-0.3, -0.25) is 0 Å². The van der Waals surface area contributed by atoms with Gasteiger partial charge in [-0.2, -0.15) is 9.78 Å². The van der Waals surface area contributed by atoms with E-state index in [2.05, 4.69) is 10.4 Å². The highest BCUT2D eigenvalue weighted by molar-refractivity contribution is 5.70. The molecule has 0 radical (unpaired) electrons. The maximum absolute atomic E-state index is 12.0. The summed E-state index contributed by atoms with van der Waals surface area (Å²) in [4.78, 5) is 12.0. The molecule has 5 heteroatoms. The summed E-state index contributed by atoms with van der Waals surface area (Å²) in [7, 11) is 0. The van der Waals surface area contributed by atoms with E-state index in [1.165, 1.54) is 17.5 Å². The van der Waals surface area contributed by atoms with Crippen molar-refractivity contribution in [3.63, 3.8) is 0 Å². The Balaban J connectivity index is 2.14. The summed E-state index contributed by atoms with van der Waals surface area (Å²) < 4.78 is 6.72. The molecule has 1 aromatic heterocycles. The van der Waals surface area contributed by atoms with Crippen molar-refractivity contribution < 1.29 is 9.53 Å². The van der Waals surface area contributed by atoms with Crippen LogP contribution in [0.2, 0.25) is 0 Å². The average molecular weight is 251 g/mol. The number of aromatic nitrogens is 2. The molecule has 1 N–H and O–H groups in total. The first kappa shape index (κ1) is 13.1. The zero-order valence-electron chi connectivity index (χ0n) is 11.3. The van der Waals surface area contributed by atoms with E-state index >= 15 is 0 Å². The molecule has 0 bridgehead atoms. The van der Waals surface area contributed by atoms with E-state index in [9.17, 15) is 4.79 Å². The van der Waals surface area contributed by atoms with Crippen molar-refractivity contribution in [1.29, 1.82) is 0 Å². The van der Waals surface area contributed by atoms with Gasteiger partial charge in [-0.1, -0.05) is 6.42 Å². The fourth-order valence-corrected chi connectivity index (χ4v) is 2.14. The lowest BCUT2D eigenvalue weighted by molar-refractivity contribution is 0.0505. The molecular weight excluding hydrogens is 230 g/mol. The molecule has 0 aliphatic carbocycles. The van der Waals surface area contributed by atoms with Gasteiger partial charge < -0.3 is 10.1 Å². The Hall–Kier alpha value is -1.36. The highest BCUT2D eigenvalue weighted by Crippen LogP contribution is 2.23. The van der Waals surface area contributed by atoms with Crippen LogP contribution in [0.1, 0.15) is 51.8 Å². The van der Waals surface area contributed by atoms with Crippen molar-refractivity contribution in [3.05, 3.63) is 18.0 Å². The first-order chi connectivity index (χ1) is 8.47. The Morgan fingerprint density at radius 3 is 2.89 bits per heavy atom. The van der Waals surface area contributed by atoms with Crippen LogP contribution in [0.15, 0.2) is 12.3 Å². The van der Waals surface area contributed by atoms with Gasteiger partial charge in [-0.25, -0.2) is 4.79 Å². The first-order valence-corrected chi connectivity index (χ1v) is 6.48. The molecule has 5 nitrogen and oxygen atoms in total. The minimum atomic E-state index is -0.500. The summed E-state index contributed by atoms with van der Waals surface area (Å²) in [6, 6.07) is 2.08. The average Bonchev–Trinajstić information content (AvgIpc) is 2.76. The molecule has 1 atom stereocenters. The standard InChI is InChI=1S/C13H21N3O2/c1-13(2,3)18-12(17)16-11(7-9-15-16)10-6-4-5-8-14-10/h7,9-10,14H,4-6,8H2,1-3H3/t10-/m0/s1. The maximum atomic E-state index is 12.0. The van der Waals surface area contributed by atoms with E-state index in [0.717, 1.165) is 18.7 Å². The topological polar surface area (TPSA) is 56.2 Å². The Bertz CT molecular complexity index is 414. The Kier molecular flexibility index (Phi) is 3.71. The van der Waals surface area contributed by atoms with E-state index in [4.69, 9.17) is 4.74 Å². The number of carbonyl (C=O) groups is 1. The second-order valence-corrected chi connectivity index (χ2v) is 5.65. The molecule has 2 rings (SSSR count). The van der Waals surface area contributed by atoms with Crippen molar-refractivity contribution in [2.24, 2.45) is 0 Å². The zero-order valence-corrected chi connectivity index (χ0v) is 11.3. The molecule has 1 aliphatic rings. The van der Waals surface area contributed by atoms with Gasteiger partial charge in [0.2, 0.25) is 0 Å². The number of ether oxygens (including phenoxy) is 1. The third kappa shape index (κ3) is 3.10. The van der Waals surface area contributed by atoms with Crippen LogP contribution in [0.5, 0.6) is 0 Å². The number of nitrogens with zero attached hydrogens (tertiary/aromatic N) is 2. The van der Waals surface area contributed by atoms with E-state index in [0.29, 0.717) is 0 Å². The molecule has 1 saturated heterocycles. The summed E-state index contributed by atoms with van der Waals surface area (Å²) in [5, 5.41) is 7.49. The van der Waals surface area contributed by atoms with E-state index < -0.39 is 11.7 Å². The largest absolute Gasteiger partial charge is 0.442 e. The number of nitrogens with one attached hydrogen (secondary N) is 1. The van der Waals surface area contributed by atoms with Crippen LogP contribution in [-0.4, -0.2) is 28.0 Å². The molecular formula is C13H21N3O2. The monoisotopic (exact) mass is 251 g/mol. The second-order valence-electron chi connectivity index (χ2n) is 5.65. The minimum Gasteiger partial charge on any atom is -0.442 e. The van der Waals surface area contributed by atoms with Gasteiger partial charge in [0, 0.05) is 12.2 Å². The second kappa shape index (κ2) is 5.10. The molecule has 0 aromatic carbocycles. The highest BCUT2D eigenvalue weighted by atomic mass is 16.6. The summed E-state index contributed by atoms with van der Waals surface area (Å²) in [5.41, 5.74) is 0.393. The fourth-order valence-electron chi connectivity index (χ4n) is 2.14. The Morgan fingerprint density at radius 1 is 1.50 bits per heavy atom. The smallest absolute Gasteiger partial charge is 0.435 e. The number of piperidine rings is 1. The lowest BCUT2D eigenvalue weighted by Crippen LogP contribution is -2.33. The van der Waals surface area contributed by atoms with Crippen molar-refractivity contribution in [3.8, 4) is 0 Å². The van der Waals surface area contributed by atoms with Gasteiger partial charge in [0.15, 0.2) is 0 Å². The van der Waals surface area contributed by atoms with Crippen LogP contribution >= 0.6 is 0 Å². The minimum absolute atomic E-state index is 0.203. The molecule has 100 valence electrons. The third-order valence-corrected chi connectivity index (χ3v) is 2.91. The number of hydrogen-bond acceptors (Lipinski definition) is 4. The molecule has 0 amide bonds. The number of carbonyl (C=O) groups excluding carboxylic acids is 1. The normalized spacial score (nSPS) is 20.7. The van der Waals surface area contributed by atoms with E-state index in [1.807, 2.05) is 26.8 Å².